The van der Waals surface area contributed by atoms with Gasteiger partial charge in [0.15, 0.2) is 0 Å². The molecule has 0 aliphatic carbocycles. The summed E-state index contributed by atoms with van der Waals surface area (Å²) in [4.78, 5) is 4.41. The highest BCUT2D eigenvalue weighted by atomic mass is 35.5. The van der Waals surface area contributed by atoms with Gasteiger partial charge in [0.2, 0.25) is 0 Å². The van der Waals surface area contributed by atoms with Crippen LogP contribution in [-0.4, -0.2) is 11.5 Å². The Morgan fingerprint density at radius 2 is 2.10 bits per heavy atom. The first-order valence-corrected chi connectivity index (χ1v) is 7.61. The number of rotatable bonds is 7. The second-order valence-electron chi connectivity index (χ2n) is 5.00. The molecule has 0 saturated carbocycles. The van der Waals surface area contributed by atoms with E-state index in [1.807, 2.05) is 43.3 Å². The van der Waals surface area contributed by atoms with Crippen molar-refractivity contribution in [3.8, 4) is 5.75 Å². The average Bonchev–Trinajstić information content (AvgIpc) is 2.47. The summed E-state index contributed by atoms with van der Waals surface area (Å²) < 4.78 is 5.74. The van der Waals surface area contributed by atoms with Crippen LogP contribution in [0.2, 0.25) is 5.02 Å². The van der Waals surface area contributed by atoms with Crippen molar-refractivity contribution in [1.82, 2.24) is 10.3 Å². The molecule has 1 aromatic carbocycles. The molecule has 0 bridgehead atoms. The van der Waals surface area contributed by atoms with Crippen LogP contribution in [0.25, 0.3) is 0 Å². The van der Waals surface area contributed by atoms with E-state index in [0.717, 1.165) is 36.5 Å². The molecular formula is C17H21ClN2O. The molecule has 0 aliphatic heterocycles. The summed E-state index contributed by atoms with van der Waals surface area (Å²) >= 11 is 6.27. The Hall–Kier alpha value is -1.58. The number of hydrogen-bond donors (Lipinski definition) is 1. The maximum atomic E-state index is 6.27. The van der Waals surface area contributed by atoms with Crippen LogP contribution in [0, 0.1) is 6.92 Å². The highest BCUT2D eigenvalue weighted by Gasteiger charge is 2.04. The van der Waals surface area contributed by atoms with Crippen LogP contribution in [0.15, 0.2) is 36.4 Å². The van der Waals surface area contributed by atoms with Crippen molar-refractivity contribution in [3.05, 3.63) is 58.4 Å². The number of ether oxygens (including phenoxy) is 1. The van der Waals surface area contributed by atoms with E-state index >= 15 is 0 Å². The van der Waals surface area contributed by atoms with Crippen molar-refractivity contribution in [3.63, 3.8) is 0 Å². The molecule has 1 aromatic heterocycles. The van der Waals surface area contributed by atoms with E-state index in [0.29, 0.717) is 17.4 Å². The fourth-order valence-corrected chi connectivity index (χ4v) is 2.27. The first kappa shape index (κ1) is 15.8. The third-order valence-corrected chi connectivity index (χ3v) is 3.37. The Balaban J connectivity index is 1.94. The second kappa shape index (κ2) is 8.01. The van der Waals surface area contributed by atoms with E-state index in [1.54, 1.807) is 0 Å². The lowest BCUT2D eigenvalue weighted by Gasteiger charge is -2.10. The topological polar surface area (TPSA) is 34.1 Å². The number of halogens is 1. The minimum Gasteiger partial charge on any atom is -0.486 e. The zero-order valence-electron chi connectivity index (χ0n) is 12.5. The molecule has 0 fully saturated rings. The molecule has 2 aromatic rings. The predicted molar refractivity (Wildman–Crippen MR) is 86.8 cm³/mol. The van der Waals surface area contributed by atoms with Crippen LogP contribution in [0.5, 0.6) is 5.75 Å². The van der Waals surface area contributed by atoms with Gasteiger partial charge in [0.1, 0.15) is 12.4 Å². The van der Waals surface area contributed by atoms with Gasteiger partial charge >= 0.3 is 0 Å². The maximum absolute atomic E-state index is 6.27. The Labute approximate surface area is 131 Å². The zero-order chi connectivity index (χ0) is 15.1. The molecule has 4 heteroatoms. The van der Waals surface area contributed by atoms with E-state index in [2.05, 4.69) is 17.2 Å². The van der Waals surface area contributed by atoms with Crippen molar-refractivity contribution in [2.24, 2.45) is 0 Å². The lowest BCUT2D eigenvalue weighted by atomic mass is 10.2. The maximum Gasteiger partial charge on any atom is 0.138 e. The third kappa shape index (κ3) is 5.03. The van der Waals surface area contributed by atoms with Crippen LogP contribution in [0.3, 0.4) is 0 Å². The van der Waals surface area contributed by atoms with Gasteiger partial charge in [-0.1, -0.05) is 30.7 Å². The van der Waals surface area contributed by atoms with Crippen molar-refractivity contribution < 1.29 is 4.74 Å². The largest absolute Gasteiger partial charge is 0.486 e. The van der Waals surface area contributed by atoms with Crippen LogP contribution >= 0.6 is 11.6 Å². The predicted octanol–water partition coefficient (Wildman–Crippen LogP) is 4.12. The summed E-state index contributed by atoms with van der Waals surface area (Å²) in [5, 5.41) is 3.99. The SMILES string of the molecule is CCCNCc1ccc(OCc2cccc(C)n2)c(Cl)c1. The Morgan fingerprint density at radius 1 is 1.24 bits per heavy atom. The second-order valence-corrected chi connectivity index (χ2v) is 5.41. The van der Waals surface area contributed by atoms with Gasteiger partial charge in [0.05, 0.1) is 10.7 Å². The van der Waals surface area contributed by atoms with Crippen LogP contribution in [0.1, 0.15) is 30.3 Å². The number of aryl methyl sites for hydroxylation is 1. The Bertz CT molecular complexity index is 587. The number of nitrogens with one attached hydrogen (secondary N) is 1. The molecule has 0 aliphatic rings. The number of benzene rings is 1. The number of pyridine rings is 1. The van der Waals surface area contributed by atoms with Gasteiger partial charge in [0, 0.05) is 12.2 Å². The molecule has 0 unspecified atom stereocenters. The van der Waals surface area contributed by atoms with Crippen LogP contribution in [-0.2, 0) is 13.2 Å². The first-order chi connectivity index (χ1) is 10.2. The Kier molecular flexibility index (Phi) is 6.03. The monoisotopic (exact) mass is 304 g/mol. The number of aromatic nitrogens is 1. The molecule has 112 valence electrons. The molecule has 0 spiro atoms. The molecule has 0 atom stereocenters. The smallest absolute Gasteiger partial charge is 0.138 e. The molecule has 1 heterocycles. The standard InChI is InChI=1S/C17H21ClN2O/c1-3-9-19-11-14-7-8-17(16(18)10-14)21-12-15-6-4-5-13(2)20-15/h4-8,10,19H,3,9,11-12H2,1-2H3. The number of hydrogen-bond acceptors (Lipinski definition) is 3. The van der Waals surface area contributed by atoms with Gasteiger partial charge in [-0.2, -0.15) is 0 Å². The third-order valence-electron chi connectivity index (χ3n) is 3.07. The minimum atomic E-state index is 0.425. The fraction of sp³-hybridized carbons (Fsp3) is 0.353. The van der Waals surface area contributed by atoms with Gasteiger partial charge in [-0.3, -0.25) is 4.98 Å². The van der Waals surface area contributed by atoms with Crippen molar-refractivity contribution >= 4 is 11.6 Å². The summed E-state index contributed by atoms with van der Waals surface area (Å²) in [5.41, 5.74) is 3.05. The zero-order valence-corrected chi connectivity index (χ0v) is 13.3. The van der Waals surface area contributed by atoms with Crippen molar-refractivity contribution in [2.45, 2.75) is 33.4 Å². The summed E-state index contributed by atoms with van der Waals surface area (Å²) in [6, 6.07) is 11.8. The summed E-state index contributed by atoms with van der Waals surface area (Å²) in [5.74, 6) is 0.694. The molecule has 2 rings (SSSR count). The van der Waals surface area contributed by atoms with E-state index in [4.69, 9.17) is 16.3 Å². The lowest BCUT2D eigenvalue weighted by molar-refractivity contribution is 0.301. The quantitative estimate of drug-likeness (QED) is 0.781. The fourth-order valence-electron chi connectivity index (χ4n) is 2.01. The Morgan fingerprint density at radius 3 is 2.81 bits per heavy atom. The molecule has 21 heavy (non-hydrogen) atoms. The number of nitrogens with zero attached hydrogens (tertiary/aromatic N) is 1. The molecular weight excluding hydrogens is 284 g/mol. The van der Waals surface area contributed by atoms with E-state index in [1.165, 1.54) is 0 Å². The first-order valence-electron chi connectivity index (χ1n) is 7.23. The molecule has 1 N–H and O–H groups in total. The van der Waals surface area contributed by atoms with E-state index in [9.17, 15) is 0 Å². The van der Waals surface area contributed by atoms with Gasteiger partial charge in [-0.25, -0.2) is 0 Å². The summed E-state index contributed by atoms with van der Waals surface area (Å²) in [6.07, 6.45) is 1.12. The molecule has 0 saturated heterocycles. The molecule has 0 radical (unpaired) electrons. The van der Waals surface area contributed by atoms with E-state index < -0.39 is 0 Å². The normalized spacial score (nSPS) is 10.6. The van der Waals surface area contributed by atoms with Gasteiger partial charge < -0.3 is 10.1 Å². The van der Waals surface area contributed by atoms with Gasteiger partial charge in [0.25, 0.3) is 0 Å². The van der Waals surface area contributed by atoms with E-state index in [-0.39, 0.29) is 0 Å². The highest BCUT2D eigenvalue weighted by molar-refractivity contribution is 6.32. The molecule has 3 nitrogen and oxygen atoms in total. The van der Waals surface area contributed by atoms with Crippen LogP contribution in [0.4, 0.5) is 0 Å². The van der Waals surface area contributed by atoms with Gasteiger partial charge in [-0.15, -0.1) is 0 Å². The minimum absolute atomic E-state index is 0.425. The van der Waals surface area contributed by atoms with Crippen molar-refractivity contribution in [2.75, 3.05) is 6.54 Å². The average molecular weight is 305 g/mol. The summed E-state index contributed by atoms with van der Waals surface area (Å²) in [7, 11) is 0. The highest BCUT2D eigenvalue weighted by Crippen LogP contribution is 2.26. The molecule has 0 amide bonds. The summed E-state index contributed by atoms with van der Waals surface area (Å²) in [6.45, 7) is 6.38. The van der Waals surface area contributed by atoms with Gasteiger partial charge in [-0.05, 0) is 49.7 Å². The van der Waals surface area contributed by atoms with Crippen molar-refractivity contribution in [1.29, 1.82) is 0 Å². The lowest BCUT2D eigenvalue weighted by Crippen LogP contribution is -2.13. The van der Waals surface area contributed by atoms with Crippen LogP contribution < -0.4 is 10.1 Å².